The van der Waals surface area contributed by atoms with Gasteiger partial charge in [-0.25, -0.2) is 4.98 Å². The van der Waals surface area contributed by atoms with Crippen LogP contribution < -0.4 is 5.32 Å². The van der Waals surface area contributed by atoms with Gasteiger partial charge in [0.25, 0.3) is 0 Å². The van der Waals surface area contributed by atoms with Crippen molar-refractivity contribution in [1.82, 2.24) is 9.55 Å². The van der Waals surface area contributed by atoms with E-state index in [1.165, 1.54) is 0 Å². The average molecular weight is 229 g/mol. The first kappa shape index (κ1) is 10.3. The summed E-state index contributed by atoms with van der Waals surface area (Å²) in [5.41, 5.74) is 2.88. The largest absolute Gasteiger partial charge is 0.331 e. The van der Waals surface area contributed by atoms with E-state index in [2.05, 4.69) is 21.8 Å². The minimum atomic E-state index is 0.138. The fraction of sp³-hybridized carbons (Fsp3) is 0.385. The fourth-order valence-electron chi connectivity index (χ4n) is 1.98. The molecule has 1 aromatic carbocycles. The van der Waals surface area contributed by atoms with Gasteiger partial charge in [-0.15, -0.1) is 0 Å². The predicted octanol–water partition coefficient (Wildman–Crippen LogP) is 2.40. The Hall–Kier alpha value is -1.84. The normalized spacial score (nSPS) is 15.1. The summed E-state index contributed by atoms with van der Waals surface area (Å²) < 4.78 is 2.09. The van der Waals surface area contributed by atoms with Gasteiger partial charge < -0.3 is 9.88 Å². The Morgan fingerprint density at radius 3 is 3.06 bits per heavy atom. The number of aryl methyl sites for hydroxylation is 1. The van der Waals surface area contributed by atoms with Crippen molar-refractivity contribution < 1.29 is 4.79 Å². The molecule has 0 saturated heterocycles. The fourth-order valence-corrected chi connectivity index (χ4v) is 1.98. The van der Waals surface area contributed by atoms with Crippen molar-refractivity contribution in [3.63, 3.8) is 0 Å². The number of amides is 1. The Morgan fingerprint density at radius 2 is 2.35 bits per heavy atom. The topological polar surface area (TPSA) is 46.9 Å². The van der Waals surface area contributed by atoms with E-state index in [4.69, 9.17) is 0 Å². The molecule has 3 rings (SSSR count). The summed E-state index contributed by atoms with van der Waals surface area (Å²) in [6, 6.07) is 5.88. The molecule has 0 aliphatic heterocycles. The van der Waals surface area contributed by atoms with Gasteiger partial charge in [0.2, 0.25) is 5.91 Å². The van der Waals surface area contributed by atoms with Gasteiger partial charge in [-0.05, 0) is 38.0 Å². The molecule has 17 heavy (non-hydrogen) atoms. The summed E-state index contributed by atoms with van der Waals surface area (Å²) in [6.07, 6.45) is 3.88. The highest BCUT2D eigenvalue weighted by atomic mass is 16.2. The number of nitrogens with one attached hydrogen (secondary N) is 1. The second-order valence-electron chi connectivity index (χ2n) is 4.50. The van der Waals surface area contributed by atoms with Crippen molar-refractivity contribution >= 4 is 22.6 Å². The van der Waals surface area contributed by atoms with Crippen LogP contribution in [0.4, 0.5) is 5.69 Å². The first-order valence-electron chi connectivity index (χ1n) is 6.03. The first-order valence-corrected chi connectivity index (χ1v) is 6.03. The van der Waals surface area contributed by atoms with Crippen LogP contribution in [-0.2, 0) is 11.3 Å². The monoisotopic (exact) mass is 229 g/mol. The lowest BCUT2D eigenvalue weighted by molar-refractivity contribution is -0.117. The van der Waals surface area contributed by atoms with E-state index < -0.39 is 0 Å². The van der Waals surface area contributed by atoms with Gasteiger partial charge in [-0.3, -0.25) is 4.79 Å². The highest BCUT2D eigenvalue weighted by molar-refractivity contribution is 5.95. The van der Waals surface area contributed by atoms with E-state index in [0.717, 1.165) is 36.1 Å². The second-order valence-corrected chi connectivity index (χ2v) is 4.50. The standard InChI is InChI=1S/C13H15N3O/c1-2-16-8-14-11-7-10(5-6-12(11)16)15-13(17)9-3-4-9/h5-9H,2-4H2,1H3,(H,15,17). The first-order chi connectivity index (χ1) is 8.28. The lowest BCUT2D eigenvalue weighted by Gasteiger charge is -2.04. The Kier molecular flexibility index (Phi) is 2.35. The second kappa shape index (κ2) is 3.87. The van der Waals surface area contributed by atoms with Crippen LogP contribution in [0.5, 0.6) is 0 Å². The molecule has 1 aromatic heterocycles. The molecule has 88 valence electrons. The number of benzene rings is 1. The van der Waals surface area contributed by atoms with Crippen LogP contribution in [0.1, 0.15) is 19.8 Å². The molecule has 0 radical (unpaired) electrons. The van der Waals surface area contributed by atoms with E-state index in [0.29, 0.717) is 0 Å². The third-order valence-electron chi connectivity index (χ3n) is 3.18. The quantitative estimate of drug-likeness (QED) is 0.878. The maximum Gasteiger partial charge on any atom is 0.227 e. The molecule has 4 heteroatoms. The minimum absolute atomic E-state index is 0.138. The molecule has 0 spiro atoms. The van der Waals surface area contributed by atoms with E-state index in [-0.39, 0.29) is 11.8 Å². The Balaban J connectivity index is 1.88. The molecule has 1 heterocycles. The van der Waals surface area contributed by atoms with Crippen molar-refractivity contribution in [2.24, 2.45) is 5.92 Å². The van der Waals surface area contributed by atoms with Gasteiger partial charge in [0, 0.05) is 18.2 Å². The molecule has 1 saturated carbocycles. The summed E-state index contributed by atoms with van der Waals surface area (Å²) in [5, 5.41) is 2.94. The lowest BCUT2D eigenvalue weighted by atomic mass is 10.2. The van der Waals surface area contributed by atoms with Crippen LogP contribution in [0.25, 0.3) is 11.0 Å². The summed E-state index contributed by atoms with van der Waals surface area (Å²) in [6.45, 7) is 2.99. The number of anilines is 1. The molecular formula is C13H15N3O. The van der Waals surface area contributed by atoms with Crippen molar-refractivity contribution in [1.29, 1.82) is 0 Å². The number of imidazole rings is 1. The zero-order valence-electron chi connectivity index (χ0n) is 9.81. The number of fused-ring (bicyclic) bond motifs is 1. The van der Waals surface area contributed by atoms with Crippen molar-refractivity contribution in [2.45, 2.75) is 26.3 Å². The number of carbonyl (C=O) groups is 1. The van der Waals surface area contributed by atoms with Crippen LogP contribution >= 0.6 is 0 Å². The van der Waals surface area contributed by atoms with Crippen LogP contribution in [0, 0.1) is 5.92 Å². The van der Waals surface area contributed by atoms with Gasteiger partial charge in [0.05, 0.1) is 17.4 Å². The van der Waals surface area contributed by atoms with Gasteiger partial charge in [0.15, 0.2) is 0 Å². The van der Waals surface area contributed by atoms with Gasteiger partial charge in [-0.2, -0.15) is 0 Å². The highest BCUT2D eigenvalue weighted by Gasteiger charge is 2.29. The average Bonchev–Trinajstić information content (AvgIpc) is 3.10. The molecule has 0 unspecified atom stereocenters. The lowest BCUT2D eigenvalue weighted by Crippen LogP contribution is -2.13. The van der Waals surface area contributed by atoms with Crippen molar-refractivity contribution in [2.75, 3.05) is 5.32 Å². The number of hydrogen-bond acceptors (Lipinski definition) is 2. The predicted molar refractivity (Wildman–Crippen MR) is 66.8 cm³/mol. The van der Waals surface area contributed by atoms with E-state index >= 15 is 0 Å². The molecule has 0 bridgehead atoms. The Labute approximate surface area is 99.6 Å². The molecular weight excluding hydrogens is 214 g/mol. The van der Waals surface area contributed by atoms with Crippen LogP contribution in [0.2, 0.25) is 0 Å². The maximum atomic E-state index is 11.6. The smallest absolute Gasteiger partial charge is 0.227 e. The van der Waals surface area contributed by atoms with Crippen molar-refractivity contribution in [3.8, 4) is 0 Å². The maximum absolute atomic E-state index is 11.6. The summed E-state index contributed by atoms with van der Waals surface area (Å²) in [4.78, 5) is 16.0. The van der Waals surface area contributed by atoms with Gasteiger partial charge in [-0.1, -0.05) is 0 Å². The zero-order valence-corrected chi connectivity index (χ0v) is 9.81. The third kappa shape index (κ3) is 1.90. The number of hydrogen-bond donors (Lipinski definition) is 1. The summed E-state index contributed by atoms with van der Waals surface area (Å²) in [7, 11) is 0. The molecule has 1 aliphatic carbocycles. The van der Waals surface area contributed by atoms with Crippen molar-refractivity contribution in [3.05, 3.63) is 24.5 Å². The summed E-state index contributed by atoms with van der Waals surface area (Å²) in [5.74, 6) is 0.373. The summed E-state index contributed by atoms with van der Waals surface area (Å²) >= 11 is 0. The van der Waals surface area contributed by atoms with Gasteiger partial charge >= 0.3 is 0 Å². The van der Waals surface area contributed by atoms with E-state index in [1.807, 2.05) is 24.5 Å². The number of rotatable bonds is 3. The SMILES string of the molecule is CCn1cnc2cc(NC(=O)C3CC3)ccc21. The molecule has 1 amide bonds. The highest BCUT2D eigenvalue weighted by Crippen LogP contribution is 2.30. The molecule has 2 aromatic rings. The van der Waals surface area contributed by atoms with E-state index in [1.54, 1.807) is 0 Å². The number of aromatic nitrogens is 2. The zero-order chi connectivity index (χ0) is 11.8. The van der Waals surface area contributed by atoms with E-state index in [9.17, 15) is 4.79 Å². The number of nitrogens with zero attached hydrogens (tertiary/aromatic N) is 2. The molecule has 1 aliphatic rings. The third-order valence-corrected chi connectivity index (χ3v) is 3.18. The molecule has 0 atom stereocenters. The molecule has 4 nitrogen and oxygen atoms in total. The minimum Gasteiger partial charge on any atom is -0.331 e. The molecule has 1 N–H and O–H groups in total. The molecule has 1 fully saturated rings. The van der Waals surface area contributed by atoms with Gasteiger partial charge in [0.1, 0.15) is 0 Å². The Bertz CT molecular complexity index is 569. The Morgan fingerprint density at radius 1 is 1.53 bits per heavy atom. The van der Waals surface area contributed by atoms with Crippen LogP contribution in [0.15, 0.2) is 24.5 Å². The number of carbonyl (C=O) groups excluding carboxylic acids is 1. The van der Waals surface area contributed by atoms with Crippen LogP contribution in [0.3, 0.4) is 0 Å². The van der Waals surface area contributed by atoms with Crippen LogP contribution in [-0.4, -0.2) is 15.5 Å².